The minimum atomic E-state index is -0.490. The number of nitrogens with zero attached hydrogens (tertiary/aromatic N) is 1. The molecule has 5 heteroatoms. The van der Waals surface area contributed by atoms with Crippen LogP contribution < -0.4 is 0 Å². The topological polar surface area (TPSA) is 26.0 Å². The molecule has 16 heavy (non-hydrogen) atoms. The first-order valence-electron chi connectivity index (χ1n) is 4.63. The van der Waals surface area contributed by atoms with Crippen molar-refractivity contribution >= 4 is 23.2 Å². The standard InChI is InChI=1S/C11H8Cl2FNO/c1-6(12)11-15-5-9(16-11)7-3-2-4-8(14)10(7)13/h2-6H,1H3. The molecule has 1 aromatic carbocycles. The number of hydrogen-bond acceptors (Lipinski definition) is 2. The van der Waals surface area contributed by atoms with Crippen molar-refractivity contribution in [3.8, 4) is 11.3 Å². The average molecular weight is 260 g/mol. The summed E-state index contributed by atoms with van der Waals surface area (Å²) in [7, 11) is 0. The van der Waals surface area contributed by atoms with Gasteiger partial charge < -0.3 is 4.42 Å². The molecule has 0 radical (unpaired) electrons. The van der Waals surface area contributed by atoms with Gasteiger partial charge in [-0.2, -0.15) is 0 Å². The van der Waals surface area contributed by atoms with Crippen LogP contribution in [0.1, 0.15) is 18.2 Å². The first kappa shape index (κ1) is 11.4. The molecular weight excluding hydrogens is 252 g/mol. The fourth-order valence-corrected chi connectivity index (χ4v) is 1.61. The lowest BCUT2D eigenvalue weighted by Crippen LogP contribution is -1.82. The van der Waals surface area contributed by atoms with E-state index in [-0.39, 0.29) is 10.4 Å². The van der Waals surface area contributed by atoms with Gasteiger partial charge in [0.2, 0.25) is 5.89 Å². The van der Waals surface area contributed by atoms with Gasteiger partial charge in [0.25, 0.3) is 0 Å². The van der Waals surface area contributed by atoms with E-state index in [0.717, 1.165) is 0 Å². The number of rotatable bonds is 2. The van der Waals surface area contributed by atoms with Gasteiger partial charge in [0.1, 0.15) is 11.2 Å². The molecule has 0 aliphatic rings. The highest BCUT2D eigenvalue weighted by Crippen LogP contribution is 2.32. The van der Waals surface area contributed by atoms with E-state index in [2.05, 4.69) is 4.98 Å². The highest BCUT2D eigenvalue weighted by atomic mass is 35.5. The Labute approximate surface area is 102 Å². The minimum Gasteiger partial charge on any atom is -0.439 e. The molecule has 2 nitrogen and oxygen atoms in total. The summed E-state index contributed by atoms with van der Waals surface area (Å²) in [6.07, 6.45) is 1.48. The third-order valence-electron chi connectivity index (χ3n) is 2.08. The summed E-state index contributed by atoms with van der Waals surface area (Å²) in [5.41, 5.74) is 0.470. The fourth-order valence-electron chi connectivity index (χ4n) is 1.29. The molecule has 0 N–H and O–H groups in total. The number of alkyl halides is 1. The molecule has 0 bridgehead atoms. The first-order chi connectivity index (χ1) is 7.59. The van der Waals surface area contributed by atoms with Gasteiger partial charge >= 0.3 is 0 Å². The molecule has 0 amide bonds. The van der Waals surface area contributed by atoms with Crippen molar-refractivity contribution in [2.45, 2.75) is 12.3 Å². The summed E-state index contributed by atoms with van der Waals surface area (Å²) in [6, 6.07) is 4.50. The van der Waals surface area contributed by atoms with Crippen molar-refractivity contribution in [1.29, 1.82) is 0 Å². The van der Waals surface area contributed by atoms with Crippen LogP contribution >= 0.6 is 23.2 Å². The summed E-state index contributed by atoms with van der Waals surface area (Å²) in [5.74, 6) is 0.306. The average Bonchev–Trinajstić information content (AvgIpc) is 2.71. The second kappa shape index (κ2) is 4.44. The Morgan fingerprint density at radius 1 is 1.44 bits per heavy atom. The van der Waals surface area contributed by atoms with E-state index in [1.54, 1.807) is 19.1 Å². The van der Waals surface area contributed by atoms with Crippen LogP contribution in [0.15, 0.2) is 28.8 Å². The Balaban J connectivity index is 2.47. The number of halogens is 3. The Bertz CT molecular complexity index is 510. The number of hydrogen-bond donors (Lipinski definition) is 0. The van der Waals surface area contributed by atoms with Gasteiger partial charge in [-0.1, -0.05) is 17.7 Å². The van der Waals surface area contributed by atoms with Crippen molar-refractivity contribution in [3.05, 3.63) is 41.1 Å². The Hall–Kier alpha value is -1.06. The smallest absolute Gasteiger partial charge is 0.212 e. The van der Waals surface area contributed by atoms with Crippen molar-refractivity contribution < 1.29 is 8.81 Å². The zero-order chi connectivity index (χ0) is 11.7. The minimum absolute atomic E-state index is 0.0208. The lowest BCUT2D eigenvalue weighted by atomic mass is 10.2. The van der Waals surface area contributed by atoms with Gasteiger partial charge in [-0.25, -0.2) is 9.37 Å². The van der Waals surface area contributed by atoms with Gasteiger partial charge in [0, 0.05) is 5.56 Å². The fraction of sp³-hybridized carbons (Fsp3) is 0.182. The third-order valence-corrected chi connectivity index (χ3v) is 2.65. The zero-order valence-corrected chi connectivity index (χ0v) is 9.89. The van der Waals surface area contributed by atoms with E-state index in [4.69, 9.17) is 27.6 Å². The van der Waals surface area contributed by atoms with Gasteiger partial charge in [-0.05, 0) is 19.1 Å². The maximum absolute atomic E-state index is 13.2. The molecule has 84 valence electrons. The predicted molar refractivity (Wildman–Crippen MR) is 61.2 cm³/mol. The molecule has 0 spiro atoms. The number of oxazole rings is 1. The van der Waals surface area contributed by atoms with Gasteiger partial charge in [-0.3, -0.25) is 0 Å². The van der Waals surface area contributed by atoms with Crippen molar-refractivity contribution in [2.75, 3.05) is 0 Å². The third kappa shape index (κ3) is 2.06. The van der Waals surface area contributed by atoms with E-state index in [1.165, 1.54) is 12.3 Å². The van der Waals surface area contributed by atoms with Crippen LogP contribution in [0.5, 0.6) is 0 Å². The van der Waals surface area contributed by atoms with Gasteiger partial charge in [0.15, 0.2) is 5.76 Å². The molecule has 1 unspecified atom stereocenters. The molecule has 0 saturated heterocycles. The van der Waals surface area contributed by atoms with Crippen LogP contribution in [0.25, 0.3) is 11.3 Å². The second-order valence-electron chi connectivity index (χ2n) is 3.28. The molecule has 1 heterocycles. The normalized spacial score (nSPS) is 12.8. The zero-order valence-electron chi connectivity index (χ0n) is 8.38. The van der Waals surface area contributed by atoms with Crippen LogP contribution in [-0.2, 0) is 0 Å². The van der Waals surface area contributed by atoms with E-state index in [1.807, 2.05) is 0 Å². The second-order valence-corrected chi connectivity index (χ2v) is 4.31. The summed E-state index contributed by atoms with van der Waals surface area (Å²) in [4.78, 5) is 3.98. The highest BCUT2D eigenvalue weighted by Gasteiger charge is 2.14. The van der Waals surface area contributed by atoms with Gasteiger partial charge in [-0.15, -0.1) is 11.6 Å². The molecule has 0 aliphatic heterocycles. The first-order valence-corrected chi connectivity index (χ1v) is 5.45. The van der Waals surface area contributed by atoms with Crippen molar-refractivity contribution in [2.24, 2.45) is 0 Å². The maximum Gasteiger partial charge on any atom is 0.212 e. The van der Waals surface area contributed by atoms with Gasteiger partial charge in [0.05, 0.1) is 11.2 Å². The van der Waals surface area contributed by atoms with E-state index in [0.29, 0.717) is 17.2 Å². The Morgan fingerprint density at radius 3 is 2.81 bits per heavy atom. The summed E-state index contributed by atoms with van der Waals surface area (Å²) < 4.78 is 18.6. The Kier molecular flexibility index (Phi) is 3.17. The van der Waals surface area contributed by atoms with E-state index < -0.39 is 5.82 Å². The predicted octanol–water partition coefficient (Wildman–Crippen LogP) is 4.43. The molecule has 2 aromatic rings. The number of benzene rings is 1. The summed E-state index contributed by atoms with van der Waals surface area (Å²) >= 11 is 11.6. The number of aromatic nitrogens is 1. The molecule has 2 rings (SSSR count). The monoisotopic (exact) mass is 259 g/mol. The van der Waals surface area contributed by atoms with Crippen LogP contribution in [0.4, 0.5) is 4.39 Å². The van der Waals surface area contributed by atoms with Crippen LogP contribution in [0.3, 0.4) is 0 Å². The highest BCUT2D eigenvalue weighted by molar-refractivity contribution is 6.33. The molecule has 1 aromatic heterocycles. The van der Waals surface area contributed by atoms with E-state index >= 15 is 0 Å². The SMILES string of the molecule is CC(Cl)c1ncc(-c2cccc(F)c2Cl)o1. The lowest BCUT2D eigenvalue weighted by Gasteiger charge is -2.00. The van der Waals surface area contributed by atoms with Crippen LogP contribution in [-0.4, -0.2) is 4.98 Å². The molecule has 0 saturated carbocycles. The maximum atomic E-state index is 13.2. The lowest BCUT2D eigenvalue weighted by molar-refractivity contribution is 0.507. The van der Waals surface area contributed by atoms with E-state index in [9.17, 15) is 4.39 Å². The van der Waals surface area contributed by atoms with Crippen LogP contribution in [0, 0.1) is 5.82 Å². The van der Waals surface area contributed by atoms with Crippen molar-refractivity contribution in [1.82, 2.24) is 4.98 Å². The molecule has 0 fully saturated rings. The Morgan fingerprint density at radius 2 is 2.19 bits per heavy atom. The molecule has 0 aliphatic carbocycles. The van der Waals surface area contributed by atoms with Crippen molar-refractivity contribution in [3.63, 3.8) is 0 Å². The summed E-state index contributed by atoms with van der Waals surface area (Å²) in [6.45, 7) is 1.74. The molecular formula is C11H8Cl2FNO. The largest absolute Gasteiger partial charge is 0.439 e. The van der Waals surface area contributed by atoms with Crippen LogP contribution in [0.2, 0.25) is 5.02 Å². The molecule has 1 atom stereocenters. The summed E-state index contributed by atoms with van der Waals surface area (Å²) in [5, 5.41) is -0.312. The quantitative estimate of drug-likeness (QED) is 0.746.